The van der Waals surface area contributed by atoms with Crippen molar-refractivity contribution >= 4 is 43.9 Å². The summed E-state index contributed by atoms with van der Waals surface area (Å²) in [5.74, 6) is -0.224. The second-order valence-electron chi connectivity index (χ2n) is 5.20. The van der Waals surface area contributed by atoms with Crippen molar-refractivity contribution in [2.45, 2.75) is 0 Å². The minimum atomic E-state index is -0.224. The van der Waals surface area contributed by atoms with E-state index < -0.39 is 0 Å². The van der Waals surface area contributed by atoms with Gasteiger partial charge in [-0.1, -0.05) is 40.2 Å². The summed E-state index contributed by atoms with van der Waals surface area (Å²) in [5, 5.41) is 14.5. The van der Waals surface area contributed by atoms with Gasteiger partial charge in [-0.2, -0.15) is 4.74 Å². The number of hydrogen-bond acceptors (Lipinski definition) is 2. The summed E-state index contributed by atoms with van der Waals surface area (Å²) < 4.78 is 1.65. The van der Waals surface area contributed by atoms with E-state index in [0.717, 1.165) is 20.0 Å². The zero-order valence-corrected chi connectivity index (χ0v) is 13.0. The van der Waals surface area contributed by atoms with E-state index in [2.05, 4.69) is 15.9 Å². The largest absolute Gasteiger partial charge is 0.618 e. The number of carbonyl (C=O) groups excluding carboxylic acids is 1. The highest BCUT2D eigenvalue weighted by molar-refractivity contribution is 9.10. The Morgan fingerprint density at radius 2 is 1.55 bits per heavy atom. The van der Waals surface area contributed by atoms with Crippen LogP contribution in [0.3, 0.4) is 0 Å². The summed E-state index contributed by atoms with van der Waals surface area (Å²) in [6, 6.07) is 18.5. The quantitative estimate of drug-likeness (QED) is 0.480. The minimum Gasteiger partial charge on any atom is -0.618 e. The summed E-state index contributed by atoms with van der Waals surface area (Å²) in [6.45, 7) is 0. The molecule has 4 rings (SSSR count). The molecular formula is C18H10BrNO2. The highest BCUT2D eigenvalue weighted by atomic mass is 79.9. The van der Waals surface area contributed by atoms with Crippen LogP contribution in [0.25, 0.3) is 10.8 Å². The standard InChI is InChI=1S/C18H10BrNO2/c19-14-7-5-11(6-8-14)17-18(21)15-9-12-3-1-2-4-13(12)10-16(15)20(17)22/h1-10H. The van der Waals surface area contributed by atoms with Gasteiger partial charge in [0.05, 0.1) is 5.56 Å². The Hall–Kier alpha value is -2.46. The molecule has 0 fully saturated rings. The van der Waals surface area contributed by atoms with Crippen LogP contribution in [0.15, 0.2) is 65.1 Å². The van der Waals surface area contributed by atoms with E-state index in [9.17, 15) is 10.0 Å². The molecule has 1 aliphatic rings. The fourth-order valence-corrected chi connectivity index (χ4v) is 3.04. The van der Waals surface area contributed by atoms with Crippen molar-refractivity contribution in [1.29, 1.82) is 0 Å². The van der Waals surface area contributed by atoms with Gasteiger partial charge in [-0.3, -0.25) is 4.79 Å². The average molecular weight is 352 g/mol. The third kappa shape index (κ3) is 1.88. The summed E-state index contributed by atoms with van der Waals surface area (Å²) in [5.41, 5.74) is 1.69. The van der Waals surface area contributed by atoms with Gasteiger partial charge in [0.2, 0.25) is 5.69 Å². The van der Waals surface area contributed by atoms with E-state index in [4.69, 9.17) is 0 Å². The molecule has 1 heterocycles. The maximum absolute atomic E-state index is 12.6. The predicted octanol–water partition coefficient (Wildman–Crippen LogP) is 4.43. The van der Waals surface area contributed by atoms with Gasteiger partial charge in [-0.25, -0.2) is 0 Å². The molecule has 3 nitrogen and oxygen atoms in total. The lowest BCUT2D eigenvalue weighted by Gasteiger charge is -2.03. The minimum absolute atomic E-state index is 0.179. The molecule has 3 aromatic carbocycles. The van der Waals surface area contributed by atoms with Crippen molar-refractivity contribution in [2.75, 3.05) is 0 Å². The van der Waals surface area contributed by atoms with Crippen LogP contribution in [0.1, 0.15) is 15.9 Å². The third-order valence-electron chi connectivity index (χ3n) is 3.86. The zero-order chi connectivity index (χ0) is 15.3. The van der Waals surface area contributed by atoms with Crippen LogP contribution in [0, 0.1) is 5.21 Å². The molecule has 3 aromatic rings. The summed E-state index contributed by atoms with van der Waals surface area (Å²) in [6.07, 6.45) is 0. The van der Waals surface area contributed by atoms with E-state index >= 15 is 0 Å². The Bertz CT molecular complexity index is 958. The molecular weight excluding hydrogens is 342 g/mol. The van der Waals surface area contributed by atoms with Crippen LogP contribution < -0.4 is 0 Å². The molecule has 0 radical (unpaired) electrons. The average Bonchev–Trinajstić information content (AvgIpc) is 2.78. The monoisotopic (exact) mass is 351 g/mol. The molecule has 22 heavy (non-hydrogen) atoms. The number of fused-ring (bicyclic) bond motifs is 2. The number of halogens is 1. The zero-order valence-electron chi connectivity index (χ0n) is 11.4. The SMILES string of the molecule is O=C1C(c2ccc(Br)cc2)=[N+]([O-])c2cc3ccccc3cc21. The molecule has 0 saturated heterocycles. The van der Waals surface area contributed by atoms with Gasteiger partial charge in [-0.15, -0.1) is 0 Å². The Labute approximate surface area is 135 Å². The molecule has 106 valence electrons. The number of nitrogens with zero attached hydrogens (tertiary/aromatic N) is 1. The third-order valence-corrected chi connectivity index (χ3v) is 4.39. The number of rotatable bonds is 1. The second-order valence-corrected chi connectivity index (χ2v) is 6.11. The first-order valence-corrected chi connectivity index (χ1v) is 7.62. The first-order chi connectivity index (χ1) is 10.6. The molecule has 0 unspecified atom stereocenters. The van der Waals surface area contributed by atoms with Crippen molar-refractivity contribution in [1.82, 2.24) is 0 Å². The van der Waals surface area contributed by atoms with Gasteiger partial charge in [0, 0.05) is 10.5 Å². The van der Waals surface area contributed by atoms with Gasteiger partial charge in [0.1, 0.15) is 5.56 Å². The molecule has 0 spiro atoms. The van der Waals surface area contributed by atoms with Crippen molar-refractivity contribution in [3.8, 4) is 0 Å². The number of benzene rings is 3. The van der Waals surface area contributed by atoms with Crippen LogP contribution in [-0.2, 0) is 0 Å². The Morgan fingerprint density at radius 3 is 2.23 bits per heavy atom. The molecule has 0 N–H and O–H groups in total. The van der Waals surface area contributed by atoms with E-state index in [1.807, 2.05) is 36.4 Å². The molecule has 4 heteroatoms. The van der Waals surface area contributed by atoms with E-state index in [0.29, 0.717) is 16.8 Å². The van der Waals surface area contributed by atoms with Crippen LogP contribution in [0.2, 0.25) is 0 Å². The van der Waals surface area contributed by atoms with Crippen LogP contribution in [0.5, 0.6) is 0 Å². The van der Waals surface area contributed by atoms with Gasteiger partial charge in [0.25, 0.3) is 11.5 Å². The van der Waals surface area contributed by atoms with Crippen molar-refractivity contribution in [2.24, 2.45) is 0 Å². The van der Waals surface area contributed by atoms with Gasteiger partial charge in [-0.05, 0) is 41.1 Å². The van der Waals surface area contributed by atoms with Gasteiger partial charge < -0.3 is 5.21 Å². The fourth-order valence-electron chi connectivity index (χ4n) is 2.77. The van der Waals surface area contributed by atoms with Crippen molar-refractivity contribution < 1.29 is 9.53 Å². The lowest BCUT2D eigenvalue weighted by Crippen LogP contribution is -2.16. The highest BCUT2D eigenvalue weighted by Gasteiger charge is 2.36. The molecule has 1 aliphatic heterocycles. The maximum Gasteiger partial charge on any atom is 0.272 e. The first kappa shape index (κ1) is 13.2. The van der Waals surface area contributed by atoms with Gasteiger partial charge in [0.15, 0.2) is 0 Å². The second kappa shape index (κ2) is 4.78. The molecule has 0 atom stereocenters. The lowest BCUT2D eigenvalue weighted by molar-refractivity contribution is -0.355. The molecule has 0 amide bonds. The van der Waals surface area contributed by atoms with Crippen LogP contribution in [0.4, 0.5) is 5.69 Å². The molecule has 0 saturated carbocycles. The Morgan fingerprint density at radius 1 is 0.909 bits per heavy atom. The number of ketones is 1. The van der Waals surface area contributed by atoms with Crippen LogP contribution >= 0.6 is 15.9 Å². The topological polar surface area (TPSA) is 43.1 Å². The normalized spacial score (nSPS) is 13.8. The smallest absolute Gasteiger partial charge is 0.272 e. The van der Waals surface area contributed by atoms with Crippen molar-refractivity contribution in [3.05, 3.63) is 81.5 Å². The number of hydrogen-bond donors (Lipinski definition) is 0. The molecule has 0 aromatic heterocycles. The van der Waals surface area contributed by atoms with Crippen LogP contribution in [-0.4, -0.2) is 16.2 Å². The summed E-state index contributed by atoms with van der Waals surface area (Å²) >= 11 is 3.36. The van der Waals surface area contributed by atoms with E-state index in [-0.39, 0.29) is 11.5 Å². The predicted molar refractivity (Wildman–Crippen MR) is 89.8 cm³/mol. The first-order valence-electron chi connectivity index (χ1n) is 6.83. The molecule has 0 bridgehead atoms. The van der Waals surface area contributed by atoms with E-state index in [1.54, 1.807) is 24.3 Å². The number of Topliss-reactive ketones (excluding diaryl/α,β-unsaturated/α-hetero) is 1. The van der Waals surface area contributed by atoms with Crippen molar-refractivity contribution in [3.63, 3.8) is 0 Å². The molecule has 0 aliphatic carbocycles. The fraction of sp³-hybridized carbons (Fsp3) is 0. The Balaban J connectivity index is 1.94. The summed E-state index contributed by atoms with van der Waals surface area (Å²) in [7, 11) is 0. The summed E-state index contributed by atoms with van der Waals surface area (Å²) in [4.78, 5) is 12.6. The highest BCUT2D eigenvalue weighted by Crippen LogP contribution is 2.32. The Kier molecular flexibility index (Phi) is 2.87. The van der Waals surface area contributed by atoms with Gasteiger partial charge >= 0.3 is 0 Å². The lowest BCUT2D eigenvalue weighted by atomic mass is 10.00. The number of carbonyl (C=O) groups is 1. The maximum atomic E-state index is 12.6. The van der Waals surface area contributed by atoms with E-state index in [1.165, 1.54) is 0 Å².